The summed E-state index contributed by atoms with van der Waals surface area (Å²) in [5.74, 6) is -2.76. The van der Waals surface area contributed by atoms with Crippen LogP contribution < -0.4 is 0 Å². The molecule has 1 heterocycles. The van der Waals surface area contributed by atoms with Gasteiger partial charge in [-0.1, -0.05) is 11.8 Å². The molecule has 5 atom stereocenters. The summed E-state index contributed by atoms with van der Waals surface area (Å²) in [5.41, 5.74) is -1.07. The summed E-state index contributed by atoms with van der Waals surface area (Å²) in [5, 5.41) is -0.351. The molecule has 27 heavy (non-hydrogen) atoms. The second-order valence-corrected chi connectivity index (χ2v) is 6.95. The van der Waals surface area contributed by atoms with Crippen LogP contribution in [0.25, 0.3) is 0 Å². The number of carbonyl (C=O) groups excluding carboxylic acids is 5. The second kappa shape index (κ2) is 10.3. The van der Waals surface area contributed by atoms with Crippen LogP contribution in [0.4, 0.5) is 0 Å². The molecular formula is C16H22O10S. The van der Waals surface area contributed by atoms with Crippen LogP contribution in [-0.4, -0.2) is 65.5 Å². The summed E-state index contributed by atoms with van der Waals surface area (Å²) in [4.78, 5) is 57.3. The predicted octanol–water partition coefficient (Wildman–Crippen LogP) is 0.349. The normalized spacial score (nSPS) is 27.2. The average molecular weight is 406 g/mol. The predicted molar refractivity (Wildman–Crippen MR) is 90.2 cm³/mol. The van der Waals surface area contributed by atoms with Crippen LogP contribution >= 0.6 is 11.8 Å². The summed E-state index contributed by atoms with van der Waals surface area (Å²) in [7, 11) is 0. The molecule has 152 valence electrons. The molecule has 0 aromatic rings. The zero-order valence-corrected chi connectivity index (χ0v) is 16.4. The standard InChI is InChI=1S/C16H22O10S/c1-7(17)22-6-12-13(23-8(2)18)14(24-9(3)19)15(25-10(4)20)16(26-12)27-11(5)21/h12-16H,6H2,1-5H3/t12-,13+,14-,15-,16+/m1/s1. The molecule has 0 radical (unpaired) electrons. The van der Waals surface area contributed by atoms with Gasteiger partial charge in [0, 0.05) is 34.6 Å². The smallest absolute Gasteiger partial charge is 0.303 e. The highest BCUT2D eigenvalue weighted by molar-refractivity contribution is 8.14. The van der Waals surface area contributed by atoms with E-state index in [2.05, 4.69) is 0 Å². The molecule has 1 saturated heterocycles. The first-order valence-corrected chi connectivity index (χ1v) is 8.87. The molecule has 0 aromatic carbocycles. The highest BCUT2D eigenvalue weighted by Gasteiger charge is 2.52. The van der Waals surface area contributed by atoms with Crippen molar-refractivity contribution in [2.45, 2.75) is 64.5 Å². The van der Waals surface area contributed by atoms with Gasteiger partial charge in [-0.2, -0.15) is 0 Å². The number of carbonyl (C=O) groups is 5. The van der Waals surface area contributed by atoms with E-state index in [-0.39, 0.29) is 11.7 Å². The SMILES string of the molecule is CC(=O)OC[C@H]1O[C@@H](SC(C)=O)[C@H](OC(C)=O)[C@H](OC(C)=O)[C@H]1OC(C)=O. The fraction of sp³-hybridized carbons (Fsp3) is 0.688. The third kappa shape index (κ3) is 7.55. The van der Waals surface area contributed by atoms with Crippen molar-refractivity contribution in [2.75, 3.05) is 6.61 Å². The number of rotatable bonds is 6. The van der Waals surface area contributed by atoms with Crippen LogP contribution in [0.5, 0.6) is 0 Å². The lowest BCUT2D eigenvalue weighted by molar-refractivity contribution is -0.237. The van der Waals surface area contributed by atoms with E-state index in [1.54, 1.807) is 0 Å². The quantitative estimate of drug-likeness (QED) is 0.447. The molecule has 0 aliphatic carbocycles. The first kappa shape index (κ1) is 22.9. The summed E-state index contributed by atoms with van der Waals surface area (Å²) >= 11 is 0.705. The van der Waals surface area contributed by atoms with E-state index in [1.165, 1.54) is 13.8 Å². The van der Waals surface area contributed by atoms with Gasteiger partial charge >= 0.3 is 23.9 Å². The molecule has 1 aliphatic heterocycles. The van der Waals surface area contributed by atoms with Gasteiger partial charge in [0.05, 0.1) is 0 Å². The third-order valence-electron chi connectivity index (χ3n) is 3.23. The van der Waals surface area contributed by atoms with E-state index in [0.29, 0.717) is 11.8 Å². The molecule has 0 spiro atoms. The Labute approximate surface area is 160 Å². The Kier molecular flexibility index (Phi) is 8.70. The van der Waals surface area contributed by atoms with Gasteiger partial charge in [-0.3, -0.25) is 24.0 Å². The Bertz CT molecular complexity index is 604. The summed E-state index contributed by atoms with van der Waals surface area (Å²) in [6.07, 6.45) is -4.76. The van der Waals surface area contributed by atoms with Gasteiger partial charge in [0.25, 0.3) is 0 Å². The Hall–Kier alpha value is -2.14. The topological polar surface area (TPSA) is 132 Å². The van der Waals surface area contributed by atoms with Crippen LogP contribution in [0.3, 0.4) is 0 Å². The van der Waals surface area contributed by atoms with Gasteiger partial charge in [0.2, 0.25) is 0 Å². The van der Waals surface area contributed by atoms with Gasteiger partial charge in [-0.05, 0) is 0 Å². The van der Waals surface area contributed by atoms with Crippen molar-refractivity contribution in [2.24, 2.45) is 0 Å². The number of thioether (sulfide) groups is 1. The first-order chi connectivity index (χ1) is 12.5. The first-order valence-electron chi connectivity index (χ1n) is 7.99. The van der Waals surface area contributed by atoms with Crippen LogP contribution in [0, 0.1) is 0 Å². The van der Waals surface area contributed by atoms with E-state index >= 15 is 0 Å². The van der Waals surface area contributed by atoms with Crippen molar-refractivity contribution in [3.05, 3.63) is 0 Å². The number of hydrogen-bond donors (Lipinski definition) is 0. The van der Waals surface area contributed by atoms with Gasteiger partial charge in [-0.25, -0.2) is 0 Å². The van der Waals surface area contributed by atoms with Crippen molar-refractivity contribution in [3.8, 4) is 0 Å². The minimum absolute atomic E-state index is 0.327. The van der Waals surface area contributed by atoms with Crippen LogP contribution in [0.15, 0.2) is 0 Å². The van der Waals surface area contributed by atoms with E-state index in [1.807, 2.05) is 0 Å². The number of ether oxygens (including phenoxy) is 5. The lowest BCUT2D eigenvalue weighted by atomic mass is 9.99. The largest absolute Gasteiger partial charge is 0.463 e. The molecule has 0 N–H and O–H groups in total. The lowest BCUT2D eigenvalue weighted by Gasteiger charge is -2.43. The maximum atomic E-state index is 11.6. The maximum absolute atomic E-state index is 11.6. The summed E-state index contributed by atoms with van der Waals surface area (Å²) in [6.45, 7) is 5.51. The van der Waals surface area contributed by atoms with Gasteiger partial charge in [0.15, 0.2) is 28.9 Å². The molecule has 10 nitrogen and oxygen atoms in total. The van der Waals surface area contributed by atoms with Crippen LogP contribution in [-0.2, 0) is 47.7 Å². The highest BCUT2D eigenvalue weighted by atomic mass is 32.2. The second-order valence-electron chi connectivity index (χ2n) is 5.68. The Morgan fingerprint density at radius 2 is 1.22 bits per heavy atom. The van der Waals surface area contributed by atoms with E-state index < -0.39 is 53.7 Å². The monoisotopic (exact) mass is 406 g/mol. The van der Waals surface area contributed by atoms with Crippen molar-refractivity contribution in [3.63, 3.8) is 0 Å². The Morgan fingerprint density at radius 1 is 0.741 bits per heavy atom. The van der Waals surface area contributed by atoms with Gasteiger partial charge < -0.3 is 23.7 Å². The Balaban J connectivity index is 3.29. The molecule has 0 unspecified atom stereocenters. The molecule has 0 saturated carbocycles. The van der Waals surface area contributed by atoms with Crippen molar-refractivity contribution in [1.29, 1.82) is 0 Å². The third-order valence-corrected chi connectivity index (χ3v) is 4.17. The van der Waals surface area contributed by atoms with E-state index in [4.69, 9.17) is 23.7 Å². The zero-order chi connectivity index (χ0) is 20.7. The van der Waals surface area contributed by atoms with Crippen molar-refractivity contribution in [1.82, 2.24) is 0 Å². The van der Waals surface area contributed by atoms with Crippen molar-refractivity contribution < 1.29 is 47.7 Å². The minimum Gasteiger partial charge on any atom is -0.463 e. The molecule has 0 amide bonds. The van der Waals surface area contributed by atoms with E-state index in [0.717, 1.165) is 20.8 Å². The van der Waals surface area contributed by atoms with Crippen molar-refractivity contribution >= 4 is 40.8 Å². The van der Waals surface area contributed by atoms with E-state index in [9.17, 15) is 24.0 Å². The van der Waals surface area contributed by atoms with Crippen LogP contribution in [0.2, 0.25) is 0 Å². The summed E-state index contributed by atoms with van der Waals surface area (Å²) in [6, 6.07) is 0. The van der Waals surface area contributed by atoms with Crippen LogP contribution in [0.1, 0.15) is 34.6 Å². The minimum atomic E-state index is -1.26. The molecule has 0 aromatic heterocycles. The average Bonchev–Trinajstić information content (AvgIpc) is 2.49. The zero-order valence-electron chi connectivity index (χ0n) is 15.6. The fourth-order valence-corrected chi connectivity index (χ4v) is 3.32. The van der Waals surface area contributed by atoms with Gasteiger partial charge in [-0.15, -0.1) is 0 Å². The molecule has 0 bridgehead atoms. The molecule has 1 fully saturated rings. The molecule has 1 aliphatic rings. The Morgan fingerprint density at radius 3 is 1.67 bits per heavy atom. The fourth-order valence-electron chi connectivity index (χ4n) is 2.45. The molecule has 11 heteroatoms. The summed E-state index contributed by atoms with van der Waals surface area (Å²) < 4.78 is 26.2. The van der Waals surface area contributed by atoms with Gasteiger partial charge in [0.1, 0.15) is 12.7 Å². The highest BCUT2D eigenvalue weighted by Crippen LogP contribution is 2.34. The maximum Gasteiger partial charge on any atom is 0.303 e. The number of hydrogen-bond acceptors (Lipinski definition) is 11. The molecular weight excluding hydrogens is 384 g/mol. The number of esters is 4. The lowest BCUT2D eigenvalue weighted by Crippen LogP contribution is -2.61. The molecule has 1 rings (SSSR count).